The fourth-order valence-corrected chi connectivity index (χ4v) is 2.87. The molecule has 8 heteroatoms. The monoisotopic (exact) mass is 350 g/mol. The normalized spacial score (nSPS) is 10.7. The van der Waals surface area contributed by atoms with Crippen LogP contribution in [0.3, 0.4) is 0 Å². The van der Waals surface area contributed by atoms with E-state index in [2.05, 4.69) is 0 Å². The van der Waals surface area contributed by atoms with Gasteiger partial charge in [0.1, 0.15) is 11.5 Å². The Balaban J connectivity index is 2.35. The predicted octanol–water partition coefficient (Wildman–Crippen LogP) is 4.69. The Morgan fingerprint density at radius 1 is 0.826 bits per heavy atom. The fourth-order valence-electron chi connectivity index (χ4n) is 1.82. The predicted molar refractivity (Wildman–Crippen MR) is 75.3 cm³/mol. The number of halogens is 5. The topological polar surface area (TPSA) is 18.5 Å². The Morgan fingerprint density at radius 3 is 1.91 bits per heavy atom. The summed E-state index contributed by atoms with van der Waals surface area (Å²) in [6.07, 6.45) is 0. The third kappa shape index (κ3) is 3.36. The van der Waals surface area contributed by atoms with Gasteiger partial charge in [0.05, 0.1) is 19.1 Å². The van der Waals surface area contributed by atoms with Gasteiger partial charge < -0.3 is 9.47 Å². The van der Waals surface area contributed by atoms with E-state index in [1.165, 1.54) is 20.3 Å². The van der Waals surface area contributed by atoms with Gasteiger partial charge in [-0.15, -0.1) is 11.8 Å². The average molecular weight is 350 g/mol. The molecule has 0 saturated carbocycles. The van der Waals surface area contributed by atoms with E-state index in [4.69, 9.17) is 9.47 Å². The largest absolute Gasteiger partial charge is 0.497 e. The maximum Gasteiger partial charge on any atom is 0.200 e. The minimum absolute atomic E-state index is 0.389. The molecular formula is C15H11F5O2S. The number of hydrogen-bond donors (Lipinski definition) is 0. The van der Waals surface area contributed by atoms with Crippen molar-refractivity contribution >= 4 is 11.8 Å². The Labute approximate surface area is 133 Å². The van der Waals surface area contributed by atoms with Gasteiger partial charge in [0, 0.05) is 11.3 Å². The molecular weight excluding hydrogens is 339 g/mol. The second kappa shape index (κ2) is 7.08. The van der Waals surface area contributed by atoms with Crippen LogP contribution < -0.4 is 9.47 Å². The molecule has 2 nitrogen and oxygen atoms in total. The molecule has 2 aromatic rings. The number of thioether (sulfide) groups is 1. The van der Waals surface area contributed by atoms with E-state index < -0.39 is 40.4 Å². The molecule has 0 saturated heterocycles. The molecule has 0 aromatic heterocycles. The van der Waals surface area contributed by atoms with Gasteiger partial charge in [-0.05, 0) is 18.2 Å². The minimum atomic E-state index is -2.17. The van der Waals surface area contributed by atoms with E-state index in [9.17, 15) is 22.0 Å². The average Bonchev–Trinajstić information content (AvgIpc) is 2.57. The lowest BCUT2D eigenvalue weighted by molar-refractivity contribution is 0.372. The van der Waals surface area contributed by atoms with Gasteiger partial charge in [-0.1, -0.05) is 0 Å². The lowest BCUT2D eigenvalue weighted by Crippen LogP contribution is -2.06. The highest BCUT2D eigenvalue weighted by Crippen LogP contribution is 2.36. The highest BCUT2D eigenvalue weighted by Gasteiger charge is 2.25. The first-order valence-corrected chi connectivity index (χ1v) is 7.24. The Bertz CT molecular complexity index is 707. The van der Waals surface area contributed by atoms with Gasteiger partial charge >= 0.3 is 0 Å². The third-order valence-corrected chi connectivity index (χ3v) is 4.11. The van der Waals surface area contributed by atoms with E-state index in [-0.39, 0.29) is 0 Å². The molecule has 0 atom stereocenters. The standard InChI is InChI=1S/C15H11F5O2S/c1-21-7-3-4-9(22-2)10(5-7)23-6-8-11(16)13(18)15(20)14(19)12(8)17/h3-5H,6H2,1-2H3. The molecule has 0 heterocycles. The van der Waals surface area contributed by atoms with Crippen molar-refractivity contribution in [3.05, 3.63) is 52.8 Å². The van der Waals surface area contributed by atoms with Crippen molar-refractivity contribution in [1.29, 1.82) is 0 Å². The van der Waals surface area contributed by atoms with E-state index in [0.717, 1.165) is 11.8 Å². The second-order valence-corrected chi connectivity index (χ2v) is 5.37. The van der Waals surface area contributed by atoms with E-state index >= 15 is 0 Å². The maximum atomic E-state index is 13.6. The summed E-state index contributed by atoms with van der Waals surface area (Å²) in [5.41, 5.74) is -0.892. The van der Waals surface area contributed by atoms with E-state index in [1.807, 2.05) is 0 Å². The zero-order valence-electron chi connectivity index (χ0n) is 12.1. The van der Waals surface area contributed by atoms with E-state index in [0.29, 0.717) is 16.4 Å². The van der Waals surface area contributed by atoms with Crippen LogP contribution in [0.4, 0.5) is 22.0 Å². The van der Waals surface area contributed by atoms with Gasteiger partial charge in [0.15, 0.2) is 23.3 Å². The molecule has 0 fully saturated rings. The molecule has 0 aliphatic rings. The number of ether oxygens (including phenoxy) is 2. The lowest BCUT2D eigenvalue weighted by atomic mass is 10.2. The molecule has 2 aromatic carbocycles. The summed E-state index contributed by atoms with van der Waals surface area (Å²) < 4.78 is 76.8. The minimum Gasteiger partial charge on any atom is -0.497 e. The van der Waals surface area contributed by atoms with Crippen LogP contribution in [0.15, 0.2) is 23.1 Å². The molecule has 0 aliphatic carbocycles. The first-order valence-electron chi connectivity index (χ1n) is 6.25. The maximum absolute atomic E-state index is 13.6. The van der Waals surface area contributed by atoms with Crippen LogP contribution in [0.5, 0.6) is 11.5 Å². The number of benzene rings is 2. The van der Waals surface area contributed by atoms with Crippen LogP contribution in [0, 0.1) is 29.1 Å². The molecule has 23 heavy (non-hydrogen) atoms. The highest BCUT2D eigenvalue weighted by atomic mass is 32.2. The van der Waals surface area contributed by atoms with Crippen molar-refractivity contribution in [2.45, 2.75) is 10.6 Å². The summed E-state index contributed by atoms with van der Waals surface area (Å²) in [5.74, 6) is -9.38. The summed E-state index contributed by atoms with van der Waals surface area (Å²) in [6, 6.07) is 4.72. The number of rotatable bonds is 5. The summed E-state index contributed by atoms with van der Waals surface area (Å²) in [4.78, 5) is 0.441. The number of methoxy groups -OCH3 is 2. The third-order valence-electron chi connectivity index (χ3n) is 3.04. The molecule has 0 unspecified atom stereocenters. The quantitative estimate of drug-likeness (QED) is 0.337. The summed E-state index contributed by atoms with van der Waals surface area (Å²) in [5, 5.41) is 0. The smallest absolute Gasteiger partial charge is 0.200 e. The van der Waals surface area contributed by atoms with Crippen molar-refractivity contribution in [1.82, 2.24) is 0 Å². The summed E-state index contributed by atoms with van der Waals surface area (Å²) in [7, 11) is 2.82. The Hall–Kier alpha value is -1.96. The SMILES string of the molecule is COc1ccc(OC)c(SCc2c(F)c(F)c(F)c(F)c2F)c1. The summed E-state index contributed by atoms with van der Waals surface area (Å²) in [6.45, 7) is 0. The highest BCUT2D eigenvalue weighted by molar-refractivity contribution is 7.98. The Morgan fingerprint density at radius 2 is 1.39 bits per heavy atom. The van der Waals surface area contributed by atoms with E-state index in [1.54, 1.807) is 12.1 Å². The molecule has 0 radical (unpaired) electrons. The van der Waals surface area contributed by atoms with Gasteiger partial charge in [-0.3, -0.25) is 0 Å². The molecule has 0 amide bonds. The van der Waals surface area contributed by atoms with Gasteiger partial charge in [-0.25, -0.2) is 22.0 Å². The number of hydrogen-bond acceptors (Lipinski definition) is 3. The first kappa shape index (κ1) is 17.4. The molecule has 0 bridgehead atoms. The van der Waals surface area contributed by atoms with Crippen LogP contribution in [-0.4, -0.2) is 14.2 Å². The fraction of sp³-hybridized carbons (Fsp3) is 0.200. The molecule has 2 rings (SSSR count). The van der Waals surface area contributed by atoms with Crippen molar-refractivity contribution in [2.24, 2.45) is 0 Å². The van der Waals surface area contributed by atoms with Crippen LogP contribution in [0.25, 0.3) is 0 Å². The van der Waals surface area contributed by atoms with Crippen LogP contribution in [0.2, 0.25) is 0 Å². The molecule has 0 spiro atoms. The van der Waals surface area contributed by atoms with Gasteiger partial charge in [0.25, 0.3) is 0 Å². The molecule has 124 valence electrons. The zero-order chi connectivity index (χ0) is 17.1. The van der Waals surface area contributed by atoms with Crippen molar-refractivity contribution in [3.8, 4) is 11.5 Å². The first-order chi connectivity index (χ1) is 10.9. The molecule has 0 N–H and O–H groups in total. The van der Waals surface area contributed by atoms with Gasteiger partial charge in [0.2, 0.25) is 5.82 Å². The van der Waals surface area contributed by atoms with Crippen molar-refractivity contribution in [3.63, 3.8) is 0 Å². The summed E-state index contributed by atoms with van der Waals surface area (Å²) >= 11 is 0.865. The lowest BCUT2D eigenvalue weighted by Gasteiger charge is -2.11. The van der Waals surface area contributed by atoms with Gasteiger partial charge in [-0.2, -0.15) is 0 Å². The van der Waals surface area contributed by atoms with Crippen LogP contribution >= 0.6 is 11.8 Å². The van der Waals surface area contributed by atoms with Crippen LogP contribution in [0.1, 0.15) is 5.56 Å². The Kier molecular flexibility index (Phi) is 5.35. The van der Waals surface area contributed by atoms with Crippen LogP contribution in [-0.2, 0) is 5.75 Å². The molecule has 0 aliphatic heterocycles. The zero-order valence-corrected chi connectivity index (χ0v) is 12.9. The van der Waals surface area contributed by atoms with Crippen molar-refractivity contribution in [2.75, 3.05) is 14.2 Å². The second-order valence-electron chi connectivity index (χ2n) is 4.35. The van der Waals surface area contributed by atoms with Crippen molar-refractivity contribution < 1.29 is 31.4 Å².